The van der Waals surface area contributed by atoms with Gasteiger partial charge in [-0.1, -0.05) is 35.9 Å². The molecule has 0 spiro atoms. The Kier molecular flexibility index (Phi) is 5.84. The molecule has 2 aromatic carbocycles. The maximum absolute atomic E-state index is 13.2. The number of benzene rings is 2. The molecule has 7 heteroatoms. The van der Waals surface area contributed by atoms with E-state index in [0.717, 1.165) is 11.1 Å². The van der Waals surface area contributed by atoms with E-state index in [4.69, 9.17) is 16.3 Å². The van der Waals surface area contributed by atoms with Crippen LogP contribution in [0.2, 0.25) is 5.02 Å². The highest BCUT2D eigenvalue weighted by atomic mass is 35.5. The molecule has 0 saturated heterocycles. The van der Waals surface area contributed by atoms with E-state index >= 15 is 0 Å². The summed E-state index contributed by atoms with van der Waals surface area (Å²) >= 11 is 7.03. The SMILES string of the molecule is COC(=O)[C@@H]1Cc2ccccc2CN1C(=O)CSc1ccc(F)c(Cl)c1. The molecule has 0 saturated carbocycles. The van der Waals surface area contributed by atoms with E-state index in [9.17, 15) is 14.0 Å². The molecule has 3 rings (SSSR count). The Morgan fingerprint density at radius 1 is 1.27 bits per heavy atom. The third-order valence-electron chi connectivity index (χ3n) is 4.30. The summed E-state index contributed by atoms with van der Waals surface area (Å²) in [6.45, 7) is 0.361. The second-order valence-corrected chi connectivity index (χ2v) is 7.35. The van der Waals surface area contributed by atoms with Crippen LogP contribution in [0.4, 0.5) is 4.39 Å². The van der Waals surface area contributed by atoms with E-state index in [0.29, 0.717) is 17.9 Å². The molecule has 0 unspecified atom stereocenters. The van der Waals surface area contributed by atoms with Crippen LogP contribution < -0.4 is 0 Å². The summed E-state index contributed by atoms with van der Waals surface area (Å²) < 4.78 is 18.1. The van der Waals surface area contributed by atoms with Gasteiger partial charge in [0.25, 0.3) is 0 Å². The number of hydrogen-bond donors (Lipinski definition) is 0. The van der Waals surface area contributed by atoms with Crippen LogP contribution in [0.5, 0.6) is 0 Å². The highest BCUT2D eigenvalue weighted by Gasteiger charge is 2.35. The number of carbonyl (C=O) groups is 2. The summed E-state index contributed by atoms with van der Waals surface area (Å²) in [5.41, 5.74) is 2.07. The molecule has 0 aromatic heterocycles. The Morgan fingerprint density at radius 3 is 2.69 bits per heavy atom. The lowest BCUT2D eigenvalue weighted by Gasteiger charge is -2.35. The van der Waals surface area contributed by atoms with Crippen molar-refractivity contribution in [1.29, 1.82) is 0 Å². The number of thioether (sulfide) groups is 1. The number of nitrogens with zero attached hydrogens (tertiary/aromatic N) is 1. The molecule has 0 aliphatic carbocycles. The topological polar surface area (TPSA) is 46.6 Å². The van der Waals surface area contributed by atoms with Crippen LogP contribution in [-0.4, -0.2) is 35.7 Å². The fourth-order valence-corrected chi connectivity index (χ4v) is 3.99. The summed E-state index contributed by atoms with van der Waals surface area (Å²) in [5, 5.41) is 0.0155. The zero-order valence-corrected chi connectivity index (χ0v) is 15.6. The minimum Gasteiger partial charge on any atom is -0.467 e. The molecular formula is C19H17ClFNO3S. The average Bonchev–Trinajstić information content (AvgIpc) is 2.67. The molecule has 1 aliphatic rings. The molecule has 0 fully saturated rings. The lowest BCUT2D eigenvalue weighted by Crippen LogP contribution is -2.49. The van der Waals surface area contributed by atoms with Crippen LogP contribution in [0, 0.1) is 5.82 Å². The van der Waals surface area contributed by atoms with Crippen molar-refractivity contribution in [2.45, 2.75) is 23.9 Å². The van der Waals surface area contributed by atoms with Gasteiger partial charge < -0.3 is 9.64 Å². The molecule has 0 N–H and O–H groups in total. The molecule has 4 nitrogen and oxygen atoms in total. The molecular weight excluding hydrogens is 377 g/mol. The van der Waals surface area contributed by atoms with Crippen molar-refractivity contribution in [2.75, 3.05) is 12.9 Å². The summed E-state index contributed by atoms with van der Waals surface area (Å²) in [6, 6.07) is 11.4. The second kappa shape index (κ2) is 8.10. The molecule has 2 aromatic rings. The summed E-state index contributed by atoms with van der Waals surface area (Å²) in [4.78, 5) is 27.2. The van der Waals surface area contributed by atoms with Gasteiger partial charge in [0.05, 0.1) is 17.9 Å². The maximum atomic E-state index is 13.2. The van der Waals surface area contributed by atoms with E-state index in [1.807, 2.05) is 24.3 Å². The van der Waals surface area contributed by atoms with Gasteiger partial charge in [-0.15, -0.1) is 11.8 Å². The van der Waals surface area contributed by atoms with Crippen LogP contribution in [0.3, 0.4) is 0 Å². The monoisotopic (exact) mass is 393 g/mol. The first-order valence-corrected chi connectivity index (χ1v) is 9.38. The van der Waals surface area contributed by atoms with Crippen LogP contribution >= 0.6 is 23.4 Å². The van der Waals surface area contributed by atoms with E-state index in [1.165, 1.54) is 31.0 Å². The van der Waals surface area contributed by atoms with Gasteiger partial charge in [-0.3, -0.25) is 4.79 Å². The Labute approximate surface area is 160 Å². The maximum Gasteiger partial charge on any atom is 0.328 e. The van der Waals surface area contributed by atoms with Crippen LogP contribution in [0.15, 0.2) is 47.4 Å². The second-order valence-electron chi connectivity index (χ2n) is 5.90. The number of amides is 1. The fraction of sp³-hybridized carbons (Fsp3) is 0.263. The first kappa shape index (κ1) is 18.7. The van der Waals surface area contributed by atoms with Gasteiger partial charge in [0.1, 0.15) is 11.9 Å². The molecule has 1 amide bonds. The van der Waals surface area contributed by atoms with Crippen molar-refractivity contribution < 1.29 is 18.7 Å². The molecule has 0 bridgehead atoms. The minimum atomic E-state index is -0.639. The number of ether oxygens (including phenoxy) is 1. The molecule has 1 aliphatic heterocycles. The van der Waals surface area contributed by atoms with Gasteiger partial charge in [0.15, 0.2) is 0 Å². The molecule has 0 radical (unpaired) electrons. The summed E-state index contributed by atoms with van der Waals surface area (Å²) in [6.07, 6.45) is 0.432. The lowest BCUT2D eigenvalue weighted by molar-refractivity contribution is -0.153. The number of hydrogen-bond acceptors (Lipinski definition) is 4. The van der Waals surface area contributed by atoms with Crippen LogP contribution in [0.1, 0.15) is 11.1 Å². The predicted octanol–water partition coefficient (Wildman–Crippen LogP) is 3.70. The van der Waals surface area contributed by atoms with Crippen LogP contribution in [-0.2, 0) is 27.3 Å². The van der Waals surface area contributed by atoms with Gasteiger partial charge >= 0.3 is 5.97 Å². The van der Waals surface area contributed by atoms with Crippen molar-refractivity contribution in [1.82, 2.24) is 4.90 Å². The first-order chi connectivity index (χ1) is 12.5. The summed E-state index contributed by atoms with van der Waals surface area (Å²) in [5.74, 6) is -0.985. The molecule has 136 valence electrons. The molecule has 1 atom stereocenters. The highest BCUT2D eigenvalue weighted by Crippen LogP contribution is 2.27. The number of halogens is 2. The Balaban J connectivity index is 1.75. The number of fused-ring (bicyclic) bond motifs is 1. The van der Waals surface area contributed by atoms with Crippen molar-refractivity contribution in [3.05, 3.63) is 64.4 Å². The Bertz CT molecular complexity index is 845. The predicted molar refractivity (Wildman–Crippen MR) is 98.6 cm³/mol. The Morgan fingerprint density at radius 2 is 2.00 bits per heavy atom. The van der Waals surface area contributed by atoms with Gasteiger partial charge in [-0.25, -0.2) is 9.18 Å². The Hall–Kier alpha value is -2.05. The third-order valence-corrected chi connectivity index (χ3v) is 5.56. The standard InChI is InChI=1S/C19H17ClFNO3S/c1-25-19(24)17-8-12-4-2-3-5-13(12)10-22(17)18(23)11-26-14-6-7-16(21)15(20)9-14/h2-7,9,17H,8,10-11H2,1H3/t17-/m0/s1. The zero-order valence-electron chi connectivity index (χ0n) is 14.1. The molecule has 1 heterocycles. The van der Waals surface area contributed by atoms with Gasteiger partial charge in [0, 0.05) is 17.9 Å². The van der Waals surface area contributed by atoms with Crippen molar-refractivity contribution in [3.8, 4) is 0 Å². The average molecular weight is 394 g/mol. The van der Waals surface area contributed by atoms with E-state index < -0.39 is 17.8 Å². The lowest BCUT2D eigenvalue weighted by atomic mass is 9.94. The number of esters is 1. The van der Waals surface area contributed by atoms with Crippen molar-refractivity contribution in [2.24, 2.45) is 0 Å². The van der Waals surface area contributed by atoms with E-state index in [-0.39, 0.29) is 16.7 Å². The van der Waals surface area contributed by atoms with Gasteiger partial charge in [-0.05, 0) is 29.3 Å². The highest BCUT2D eigenvalue weighted by molar-refractivity contribution is 8.00. The quantitative estimate of drug-likeness (QED) is 0.587. The number of rotatable bonds is 4. The van der Waals surface area contributed by atoms with E-state index in [1.54, 1.807) is 11.0 Å². The van der Waals surface area contributed by atoms with Gasteiger partial charge in [0.2, 0.25) is 5.91 Å². The van der Waals surface area contributed by atoms with E-state index in [2.05, 4.69) is 0 Å². The number of methoxy groups -OCH3 is 1. The minimum absolute atomic E-state index is 0.0155. The third kappa shape index (κ3) is 4.02. The largest absolute Gasteiger partial charge is 0.467 e. The van der Waals surface area contributed by atoms with Crippen molar-refractivity contribution >= 4 is 35.2 Å². The fourth-order valence-electron chi connectivity index (χ4n) is 2.93. The van der Waals surface area contributed by atoms with Crippen LogP contribution in [0.25, 0.3) is 0 Å². The number of carbonyl (C=O) groups excluding carboxylic acids is 2. The molecule has 26 heavy (non-hydrogen) atoms. The first-order valence-electron chi connectivity index (χ1n) is 8.01. The van der Waals surface area contributed by atoms with Crippen molar-refractivity contribution in [3.63, 3.8) is 0 Å². The summed E-state index contributed by atoms with van der Waals surface area (Å²) in [7, 11) is 1.32. The smallest absolute Gasteiger partial charge is 0.328 e. The normalized spacial score (nSPS) is 16.1. The zero-order chi connectivity index (χ0) is 18.7. The van der Waals surface area contributed by atoms with Gasteiger partial charge in [-0.2, -0.15) is 0 Å².